The second-order valence-electron chi connectivity index (χ2n) is 2.92. The molecule has 1 aromatic rings. The van der Waals surface area contributed by atoms with Crippen LogP contribution in [0, 0.1) is 6.92 Å². The lowest BCUT2D eigenvalue weighted by Gasteiger charge is -2.12. The summed E-state index contributed by atoms with van der Waals surface area (Å²) in [5, 5.41) is 18.2. The number of benzene rings is 1. The first kappa shape index (κ1) is 10.9. The summed E-state index contributed by atoms with van der Waals surface area (Å²) in [7, 11) is 1.52. The van der Waals surface area contributed by atoms with Crippen LogP contribution in [0.15, 0.2) is 12.1 Å². The van der Waals surface area contributed by atoms with E-state index in [0.29, 0.717) is 22.5 Å². The van der Waals surface area contributed by atoms with Crippen LogP contribution >= 0.6 is 0 Å². The first-order valence-corrected chi connectivity index (χ1v) is 4.18. The van der Waals surface area contributed by atoms with E-state index in [1.165, 1.54) is 14.2 Å². The number of rotatable bonds is 3. The Morgan fingerprint density at radius 2 is 1.79 bits per heavy atom. The molecule has 0 aromatic heterocycles. The predicted molar refractivity (Wildman–Crippen MR) is 54.1 cm³/mol. The zero-order valence-corrected chi connectivity index (χ0v) is 8.44. The maximum Gasteiger partial charge on any atom is 0.488 e. The molecule has 0 unspecified atom stereocenters. The third-order valence-corrected chi connectivity index (χ3v) is 2.11. The summed E-state index contributed by atoms with van der Waals surface area (Å²) >= 11 is 0. The van der Waals surface area contributed by atoms with Gasteiger partial charge < -0.3 is 19.5 Å². The van der Waals surface area contributed by atoms with Crippen molar-refractivity contribution in [3.63, 3.8) is 0 Å². The Morgan fingerprint density at radius 1 is 1.14 bits per heavy atom. The third-order valence-electron chi connectivity index (χ3n) is 2.11. The fourth-order valence-corrected chi connectivity index (χ4v) is 1.28. The molecule has 4 nitrogen and oxygen atoms in total. The van der Waals surface area contributed by atoms with Crippen LogP contribution in [0.3, 0.4) is 0 Å². The first-order chi connectivity index (χ1) is 6.60. The minimum absolute atomic E-state index is 0.390. The normalized spacial score (nSPS) is 9.79. The Kier molecular flexibility index (Phi) is 3.38. The number of hydrogen-bond acceptors (Lipinski definition) is 4. The maximum absolute atomic E-state index is 9.09. The van der Waals surface area contributed by atoms with Gasteiger partial charge in [-0.1, -0.05) is 0 Å². The van der Waals surface area contributed by atoms with E-state index in [4.69, 9.17) is 19.5 Å². The van der Waals surface area contributed by atoms with E-state index < -0.39 is 7.12 Å². The van der Waals surface area contributed by atoms with Crippen molar-refractivity contribution in [1.29, 1.82) is 0 Å². The summed E-state index contributed by atoms with van der Waals surface area (Å²) in [5.74, 6) is 1.11. The van der Waals surface area contributed by atoms with Gasteiger partial charge >= 0.3 is 7.12 Å². The molecule has 2 N–H and O–H groups in total. The predicted octanol–water partition coefficient (Wildman–Crippen LogP) is -0.308. The van der Waals surface area contributed by atoms with Crippen LogP contribution in [0.2, 0.25) is 0 Å². The van der Waals surface area contributed by atoms with Crippen molar-refractivity contribution in [2.75, 3.05) is 14.2 Å². The van der Waals surface area contributed by atoms with Crippen molar-refractivity contribution < 1.29 is 19.5 Å². The Balaban J connectivity index is 3.27. The van der Waals surface area contributed by atoms with Crippen LogP contribution in [0.1, 0.15) is 5.56 Å². The van der Waals surface area contributed by atoms with Crippen LogP contribution in [0.5, 0.6) is 11.5 Å². The van der Waals surface area contributed by atoms with Crippen LogP contribution in [0.4, 0.5) is 0 Å². The molecule has 0 bridgehead atoms. The smallest absolute Gasteiger partial charge is 0.488 e. The quantitative estimate of drug-likeness (QED) is 0.651. The summed E-state index contributed by atoms with van der Waals surface area (Å²) in [6, 6.07) is 3.27. The van der Waals surface area contributed by atoms with Gasteiger partial charge in [0.1, 0.15) is 11.5 Å². The summed E-state index contributed by atoms with van der Waals surface area (Å²) < 4.78 is 10.1. The van der Waals surface area contributed by atoms with Crippen molar-refractivity contribution in [2.45, 2.75) is 6.92 Å². The molecule has 0 saturated heterocycles. The van der Waals surface area contributed by atoms with Crippen molar-refractivity contribution in [1.82, 2.24) is 0 Å². The number of ether oxygens (including phenoxy) is 2. The molecule has 1 aromatic carbocycles. The molecule has 0 fully saturated rings. The minimum atomic E-state index is -1.51. The highest BCUT2D eigenvalue weighted by atomic mass is 16.5. The molecule has 0 aliphatic rings. The van der Waals surface area contributed by atoms with Crippen LogP contribution in [-0.2, 0) is 0 Å². The Hall–Kier alpha value is -1.20. The van der Waals surface area contributed by atoms with Gasteiger partial charge in [0.25, 0.3) is 0 Å². The molecule has 5 heteroatoms. The standard InChI is InChI=1S/C9H13BO4/c1-6-8(10(11)12)4-7(13-2)5-9(6)14-3/h4-5,11-12H,1-3H3. The second-order valence-corrected chi connectivity index (χ2v) is 2.92. The molecule has 1 rings (SSSR count). The molecule has 76 valence electrons. The molecule has 0 amide bonds. The maximum atomic E-state index is 9.09. The van der Waals surface area contributed by atoms with Gasteiger partial charge in [0.2, 0.25) is 0 Å². The monoisotopic (exact) mass is 196 g/mol. The van der Waals surface area contributed by atoms with Crippen LogP contribution in [-0.4, -0.2) is 31.4 Å². The van der Waals surface area contributed by atoms with E-state index in [1.807, 2.05) is 0 Å². The van der Waals surface area contributed by atoms with E-state index in [0.717, 1.165) is 0 Å². The molecule has 14 heavy (non-hydrogen) atoms. The summed E-state index contributed by atoms with van der Waals surface area (Å²) in [5.41, 5.74) is 1.09. The number of hydrogen-bond donors (Lipinski definition) is 2. The van der Waals surface area contributed by atoms with Gasteiger partial charge in [-0.25, -0.2) is 0 Å². The molecular formula is C9H13BO4. The highest BCUT2D eigenvalue weighted by molar-refractivity contribution is 6.59. The molecule has 0 atom stereocenters. The van der Waals surface area contributed by atoms with E-state index in [-0.39, 0.29) is 0 Å². The average molecular weight is 196 g/mol. The van der Waals surface area contributed by atoms with E-state index in [9.17, 15) is 0 Å². The van der Waals surface area contributed by atoms with Gasteiger partial charge in [0.15, 0.2) is 0 Å². The van der Waals surface area contributed by atoms with Crippen molar-refractivity contribution in [2.24, 2.45) is 0 Å². The van der Waals surface area contributed by atoms with Gasteiger partial charge in [0.05, 0.1) is 14.2 Å². The molecule has 0 saturated carbocycles. The topological polar surface area (TPSA) is 58.9 Å². The lowest BCUT2D eigenvalue weighted by atomic mass is 9.77. The Morgan fingerprint density at radius 3 is 2.21 bits per heavy atom. The van der Waals surface area contributed by atoms with Crippen molar-refractivity contribution in [3.05, 3.63) is 17.7 Å². The Bertz CT molecular complexity index is 325. The van der Waals surface area contributed by atoms with Gasteiger partial charge in [0, 0.05) is 6.07 Å². The van der Waals surface area contributed by atoms with Crippen LogP contribution in [0.25, 0.3) is 0 Å². The van der Waals surface area contributed by atoms with Crippen molar-refractivity contribution in [3.8, 4) is 11.5 Å². The van der Waals surface area contributed by atoms with Gasteiger partial charge in [-0.15, -0.1) is 0 Å². The molecule has 0 radical (unpaired) electrons. The molecule has 0 spiro atoms. The van der Waals surface area contributed by atoms with Crippen LogP contribution < -0.4 is 14.9 Å². The molecule has 0 aliphatic carbocycles. The van der Waals surface area contributed by atoms with Gasteiger partial charge in [-0.3, -0.25) is 0 Å². The average Bonchev–Trinajstić information content (AvgIpc) is 2.17. The summed E-state index contributed by atoms with van der Waals surface area (Å²) in [6.07, 6.45) is 0. The zero-order valence-electron chi connectivity index (χ0n) is 8.44. The lowest BCUT2D eigenvalue weighted by molar-refractivity contribution is 0.390. The lowest BCUT2D eigenvalue weighted by Crippen LogP contribution is -2.32. The molecule has 0 heterocycles. The van der Waals surface area contributed by atoms with E-state index >= 15 is 0 Å². The zero-order chi connectivity index (χ0) is 10.7. The summed E-state index contributed by atoms with van der Waals surface area (Å²) in [6.45, 7) is 1.76. The van der Waals surface area contributed by atoms with Crippen molar-refractivity contribution >= 4 is 12.6 Å². The largest absolute Gasteiger partial charge is 0.497 e. The minimum Gasteiger partial charge on any atom is -0.497 e. The van der Waals surface area contributed by atoms with E-state index in [2.05, 4.69) is 0 Å². The molecule has 0 aliphatic heterocycles. The number of methoxy groups -OCH3 is 2. The SMILES string of the molecule is COc1cc(OC)c(C)c(B(O)O)c1. The first-order valence-electron chi connectivity index (χ1n) is 4.18. The summed E-state index contributed by atoms with van der Waals surface area (Å²) in [4.78, 5) is 0. The highest BCUT2D eigenvalue weighted by Gasteiger charge is 2.18. The Labute approximate surface area is 83.2 Å². The molecular weight excluding hydrogens is 183 g/mol. The fraction of sp³-hybridized carbons (Fsp3) is 0.333. The van der Waals surface area contributed by atoms with Gasteiger partial charge in [-0.05, 0) is 24.0 Å². The highest BCUT2D eigenvalue weighted by Crippen LogP contribution is 2.22. The third kappa shape index (κ3) is 2.00. The fourth-order valence-electron chi connectivity index (χ4n) is 1.28. The second kappa shape index (κ2) is 4.35. The van der Waals surface area contributed by atoms with Gasteiger partial charge in [-0.2, -0.15) is 0 Å². The van der Waals surface area contributed by atoms with E-state index in [1.54, 1.807) is 19.1 Å².